The van der Waals surface area contributed by atoms with Crippen LogP contribution in [0.5, 0.6) is 11.6 Å². The Balaban J connectivity index is 1.90. The molecule has 1 heterocycles. The number of rotatable bonds is 5. The second-order valence-corrected chi connectivity index (χ2v) is 5.85. The van der Waals surface area contributed by atoms with E-state index < -0.39 is 17.3 Å². The average Bonchev–Trinajstić information content (AvgIpc) is 3.25. The summed E-state index contributed by atoms with van der Waals surface area (Å²) in [6.45, 7) is 0. The van der Waals surface area contributed by atoms with Crippen LogP contribution in [-0.2, 0) is 10.2 Å². The number of ether oxygens (including phenoxy) is 2. The molecule has 1 aromatic heterocycles. The number of amides is 1. The molecule has 0 bridgehead atoms. The molecule has 1 aromatic carbocycles. The highest BCUT2D eigenvalue weighted by Crippen LogP contribution is 2.42. The lowest BCUT2D eigenvalue weighted by Crippen LogP contribution is -2.37. The second kappa shape index (κ2) is 6.35. The van der Waals surface area contributed by atoms with Crippen LogP contribution in [0.2, 0.25) is 0 Å². The minimum absolute atomic E-state index is 0.00812. The lowest BCUT2D eigenvalue weighted by molar-refractivity contribution is -0.141. The number of nitrogens with one attached hydrogen (secondary N) is 1. The number of nitrogens with two attached hydrogens (primary N) is 1. The number of imidazole rings is 1. The quantitative estimate of drug-likeness (QED) is 0.815. The highest BCUT2D eigenvalue weighted by molar-refractivity contribution is 5.94. The standard InChI is InChI=1S/C17H19N3O4/c1-23-12-6-4-11(5-7-12)17(8-2-3-9-17)16(22)24-15-13(14(18)21)19-10-20-15/h4-7,10H,2-3,8-9H2,1H3,(H2,18,21)(H,19,20). The van der Waals surface area contributed by atoms with Gasteiger partial charge in [0.15, 0.2) is 5.69 Å². The number of nitrogens with zero attached hydrogens (tertiary/aromatic N) is 1. The van der Waals surface area contributed by atoms with Crippen LogP contribution in [0.4, 0.5) is 0 Å². The summed E-state index contributed by atoms with van der Waals surface area (Å²) in [6.07, 6.45) is 4.52. The number of aromatic nitrogens is 2. The fourth-order valence-electron chi connectivity index (χ4n) is 3.22. The van der Waals surface area contributed by atoms with E-state index in [2.05, 4.69) is 9.97 Å². The van der Waals surface area contributed by atoms with E-state index >= 15 is 0 Å². The van der Waals surface area contributed by atoms with Crippen molar-refractivity contribution in [2.75, 3.05) is 7.11 Å². The van der Waals surface area contributed by atoms with Crippen LogP contribution in [-0.4, -0.2) is 29.0 Å². The lowest BCUT2D eigenvalue weighted by atomic mass is 9.79. The zero-order valence-corrected chi connectivity index (χ0v) is 13.4. The van der Waals surface area contributed by atoms with Crippen LogP contribution in [0, 0.1) is 0 Å². The van der Waals surface area contributed by atoms with E-state index in [-0.39, 0.29) is 11.6 Å². The minimum Gasteiger partial charge on any atom is -0.497 e. The van der Waals surface area contributed by atoms with Gasteiger partial charge in [0.05, 0.1) is 18.9 Å². The predicted octanol–water partition coefficient (Wildman–Crippen LogP) is 1.93. The van der Waals surface area contributed by atoms with Crippen molar-refractivity contribution in [1.29, 1.82) is 0 Å². The van der Waals surface area contributed by atoms with Gasteiger partial charge in [0.2, 0.25) is 0 Å². The van der Waals surface area contributed by atoms with E-state index in [4.69, 9.17) is 15.2 Å². The van der Waals surface area contributed by atoms with Crippen LogP contribution in [0.15, 0.2) is 30.6 Å². The molecular weight excluding hydrogens is 310 g/mol. The van der Waals surface area contributed by atoms with Gasteiger partial charge in [-0.25, -0.2) is 4.98 Å². The van der Waals surface area contributed by atoms with Crippen molar-refractivity contribution in [3.8, 4) is 11.6 Å². The lowest BCUT2D eigenvalue weighted by Gasteiger charge is -2.26. The third kappa shape index (κ3) is 2.73. The molecule has 0 atom stereocenters. The van der Waals surface area contributed by atoms with Crippen molar-refractivity contribution in [1.82, 2.24) is 9.97 Å². The Hall–Kier alpha value is -2.83. The van der Waals surface area contributed by atoms with Crippen molar-refractivity contribution < 1.29 is 19.1 Å². The molecule has 2 aromatic rings. The second-order valence-electron chi connectivity index (χ2n) is 5.85. The van der Waals surface area contributed by atoms with E-state index in [1.807, 2.05) is 24.3 Å². The molecule has 7 heteroatoms. The number of hydrogen-bond acceptors (Lipinski definition) is 5. The van der Waals surface area contributed by atoms with Crippen molar-refractivity contribution in [2.24, 2.45) is 5.73 Å². The topological polar surface area (TPSA) is 107 Å². The molecule has 1 amide bonds. The van der Waals surface area contributed by atoms with Crippen LogP contribution in [0.25, 0.3) is 0 Å². The van der Waals surface area contributed by atoms with Crippen LogP contribution in [0.1, 0.15) is 41.7 Å². The normalized spacial score (nSPS) is 15.9. The first-order valence-electron chi connectivity index (χ1n) is 7.77. The number of aromatic amines is 1. The number of carbonyl (C=O) groups is 2. The number of benzene rings is 1. The zero-order valence-electron chi connectivity index (χ0n) is 13.4. The van der Waals surface area contributed by atoms with Gasteiger partial charge in [0, 0.05) is 0 Å². The number of H-pyrrole nitrogens is 1. The highest BCUT2D eigenvalue weighted by Gasteiger charge is 2.45. The summed E-state index contributed by atoms with van der Waals surface area (Å²) in [4.78, 5) is 30.7. The molecule has 1 aliphatic rings. The maximum atomic E-state index is 12.9. The molecule has 24 heavy (non-hydrogen) atoms. The molecule has 3 N–H and O–H groups in total. The maximum absolute atomic E-state index is 12.9. The molecule has 0 unspecified atom stereocenters. The van der Waals surface area contributed by atoms with Crippen molar-refractivity contribution in [3.05, 3.63) is 41.9 Å². The number of hydrogen-bond donors (Lipinski definition) is 2. The third-order valence-corrected chi connectivity index (χ3v) is 4.53. The van der Waals surface area contributed by atoms with E-state index in [0.717, 1.165) is 24.2 Å². The Kier molecular flexibility index (Phi) is 4.24. The molecule has 0 saturated heterocycles. The molecular formula is C17H19N3O4. The fourth-order valence-corrected chi connectivity index (χ4v) is 3.22. The van der Waals surface area contributed by atoms with Gasteiger partial charge in [-0.05, 0) is 30.5 Å². The summed E-state index contributed by atoms with van der Waals surface area (Å²) in [6, 6.07) is 7.41. The van der Waals surface area contributed by atoms with Crippen molar-refractivity contribution in [2.45, 2.75) is 31.1 Å². The first kappa shape index (κ1) is 16.0. The van der Waals surface area contributed by atoms with Gasteiger partial charge in [-0.3, -0.25) is 9.59 Å². The average molecular weight is 329 g/mol. The van der Waals surface area contributed by atoms with E-state index in [9.17, 15) is 9.59 Å². The largest absolute Gasteiger partial charge is 0.497 e. The molecule has 126 valence electrons. The number of primary amides is 1. The molecule has 1 saturated carbocycles. The van der Waals surface area contributed by atoms with Crippen LogP contribution >= 0.6 is 0 Å². The molecule has 0 radical (unpaired) electrons. The molecule has 0 spiro atoms. The van der Waals surface area contributed by atoms with Crippen LogP contribution in [0.3, 0.4) is 0 Å². The summed E-state index contributed by atoms with van der Waals surface area (Å²) in [5.74, 6) is -0.490. The maximum Gasteiger partial charge on any atom is 0.323 e. The molecule has 1 fully saturated rings. The third-order valence-electron chi connectivity index (χ3n) is 4.53. The summed E-state index contributed by atoms with van der Waals surface area (Å²) >= 11 is 0. The van der Waals surface area contributed by atoms with Gasteiger partial charge in [-0.1, -0.05) is 25.0 Å². The minimum atomic E-state index is -0.736. The number of carbonyl (C=O) groups excluding carboxylic acids is 2. The number of methoxy groups -OCH3 is 1. The van der Waals surface area contributed by atoms with Gasteiger partial charge in [-0.15, -0.1) is 0 Å². The Morgan fingerprint density at radius 3 is 2.46 bits per heavy atom. The predicted molar refractivity (Wildman–Crippen MR) is 85.9 cm³/mol. The Bertz CT molecular complexity index is 745. The van der Waals surface area contributed by atoms with Gasteiger partial charge in [0.1, 0.15) is 5.75 Å². The summed E-state index contributed by atoms with van der Waals surface area (Å²) in [5.41, 5.74) is 5.38. The van der Waals surface area contributed by atoms with Gasteiger partial charge in [-0.2, -0.15) is 0 Å². The van der Waals surface area contributed by atoms with E-state index in [0.29, 0.717) is 12.8 Å². The smallest absolute Gasteiger partial charge is 0.323 e. The first-order chi connectivity index (χ1) is 11.6. The fraction of sp³-hybridized carbons (Fsp3) is 0.353. The number of esters is 1. The molecule has 3 rings (SSSR count). The van der Waals surface area contributed by atoms with Crippen LogP contribution < -0.4 is 15.2 Å². The molecule has 1 aliphatic carbocycles. The Labute approximate surface area is 139 Å². The first-order valence-corrected chi connectivity index (χ1v) is 7.77. The summed E-state index contributed by atoms with van der Waals surface area (Å²) in [7, 11) is 1.59. The van der Waals surface area contributed by atoms with E-state index in [1.165, 1.54) is 6.33 Å². The summed E-state index contributed by atoms with van der Waals surface area (Å²) < 4.78 is 10.6. The molecule has 7 nitrogen and oxygen atoms in total. The Morgan fingerprint density at radius 2 is 1.88 bits per heavy atom. The molecule has 0 aliphatic heterocycles. The summed E-state index contributed by atoms with van der Waals surface area (Å²) in [5, 5.41) is 0. The highest BCUT2D eigenvalue weighted by atomic mass is 16.5. The van der Waals surface area contributed by atoms with Crippen molar-refractivity contribution in [3.63, 3.8) is 0 Å². The van der Waals surface area contributed by atoms with Gasteiger partial charge in [0.25, 0.3) is 11.8 Å². The SMILES string of the molecule is COc1ccc(C2(C(=O)Oc3nc[nH]c3C(N)=O)CCCC2)cc1. The monoisotopic (exact) mass is 329 g/mol. The van der Waals surface area contributed by atoms with E-state index in [1.54, 1.807) is 7.11 Å². The zero-order chi connectivity index (χ0) is 17.2. The Morgan fingerprint density at radius 1 is 1.21 bits per heavy atom. The van der Waals surface area contributed by atoms with Gasteiger partial charge >= 0.3 is 5.97 Å². The van der Waals surface area contributed by atoms with Gasteiger partial charge < -0.3 is 20.2 Å². The van der Waals surface area contributed by atoms with Crippen molar-refractivity contribution >= 4 is 11.9 Å².